The van der Waals surface area contributed by atoms with Gasteiger partial charge in [-0.05, 0) is 0 Å². The molecule has 0 saturated carbocycles. The van der Waals surface area contributed by atoms with Gasteiger partial charge in [0.25, 0.3) is 0 Å². The normalized spacial score (nSPS) is 11.4. The van der Waals surface area contributed by atoms with Crippen LogP contribution in [-0.2, 0) is 23.9 Å². The van der Waals surface area contributed by atoms with Crippen LogP contribution in [0.1, 0.15) is 13.3 Å². The molecule has 0 aromatic carbocycles. The van der Waals surface area contributed by atoms with Gasteiger partial charge in [-0.25, -0.2) is 4.79 Å². The van der Waals surface area contributed by atoms with Gasteiger partial charge in [0, 0.05) is 6.92 Å². The summed E-state index contributed by atoms with van der Waals surface area (Å²) in [5.41, 5.74) is 0. The summed E-state index contributed by atoms with van der Waals surface area (Å²) in [5.74, 6) is -1.68. The van der Waals surface area contributed by atoms with Gasteiger partial charge in [-0.1, -0.05) is 0 Å². The minimum atomic E-state index is -0.982. The number of carbonyl (C=O) groups is 3. The molecule has 0 aromatic rings. The highest BCUT2D eigenvalue weighted by molar-refractivity contribution is 5.87. The van der Waals surface area contributed by atoms with E-state index in [0.29, 0.717) is 0 Å². The van der Waals surface area contributed by atoms with Crippen LogP contribution in [0.5, 0.6) is 0 Å². The third-order valence-corrected chi connectivity index (χ3v) is 1.46. The maximum Gasteiger partial charge on any atom is 0.328 e. The standard InChI is InChI=1S/C8H13NO5/c1-5(10)9-6(8(12)14-3)4-7(11)13-2/h6H,4H2,1-3H3,(H,9,10)/t6-/m0/s1. The minimum Gasteiger partial charge on any atom is -0.469 e. The fraction of sp³-hybridized carbons (Fsp3) is 0.625. The number of hydrogen-bond acceptors (Lipinski definition) is 5. The van der Waals surface area contributed by atoms with E-state index in [0.717, 1.165) is 0 Å². The Morgan fingerprint density at radius 1 is 1.21 bits per heavy atom. The second-order valence-corrected chi connectivity index (χ2v) is 2.56. The van der Waals surface area contributed by atoms with Crippen LogP contribution in [0.25, 0.3) is 0 Å². The van der Waals surface area contributed by atoms with Crippen molar-refractivity contribution in [2.45, 2.75) is 19.4 Å². The molecule has 0 fully saturated rings. The van der Waals surface area contributed by atoms with Crippen molar-refractivity contribution < 1.29 is 23.9 Å². The van der Waals surface area contributed by atoms with E-state index in [9.17, 15) is 14.4 Å². The average molecular weight is 203 g/mol. The predicted octanol–water partition coefficient (Wildman–Crippen LogP) is -0.773. The summed E-state index contributed by atoms with van der Waals surface area (Å²) < 4.78 is 8.76. The van der Waals surface area contributed by atoms with E-state index in [2.05, 4.69) is 14.8 Å². The molecule has 1 amide bonds. The van der Waals surface area contributed by atoms with Crippen LogP contribution in [0.2, 0.25) is 0 Å². The molecule has 80 valence electrons. The third kappa shape index (κ3) is 4.44. The lowest BCUT2D eigenvalue weighted by Crippen LogP contribution is -2.42. The molecule has 0 heterocycles. The van der Waals surface area contributed by atoms with Crippen molar-refractivity contribution in [1.29, 1.82) is 0 Å². The third-order valence-electron chi connectivity index (χ3n) is 1.46. The molecule has 14 heavy (non-hydrogen) atoms. The van der Waals surface area contributed by atoms with E-state index < -0.39 is 23.9 Å². The first kappa shape index (κ1) is 12.4. The number of esters is 2. The summed E-state index contributed by atoms with van der Waals surface area (Å²) in [6, 6.07) is -0.982. The molecule has 6 heteroatoms. The number of hydrogen-bond donors (Lipinski definition) is 1. The van der Waals surface area contributed by atoms with Gasteiger partial charge in [-0.3, -0.25) is 9.59 Å². The predicted molar refractivity (Wildman–Crippen MR) is 46.3 cm³/mol. The Labute approximate surface area is 81.6 Å². The molecule has 0 aliphatic heterocycles. The number of nitrogens with one attached hydrogen (secondary N) is 1. The van der Waals surface area contributed by atoms with Crippen LogP contribution in [0.15, 0.2) is 0 Å². The molecule has 0 radical (unpaired) electrons. The largest absolute Gasteiger partial charge is 0.469 e. The second-order valence-electron chi connectivity index (χ2n) is 2.56. The Kier molecular flexibility index (Phi) is 5.28. The summed E-state index contributed by atoms with van der Waals surface area (Å²) in [6.45, 7) is 1.24. The van der Waals surface area contributed by atoms with Gasteiger partial charge in [0.05, 0.1) is 20.6 Å². The summed E-state index contributed by atoms with van der Waals surface area (Å²) in [6.07, 6.45) is -0.233. The van der Waals surface area contributed by atoms with E-state index in [-0.39, 0.29) is 6.42 Å². The van der Waals surface area contributed by atoms with E-state index >= 15 is 0 Å². The Bertz CT molecular complexity index is 238. The van der Waals surface area contributed by atoms with Crippen LogP contribution in [0, 0.1) is 0 Å². The number of methoxy groups -OCH3 is 2. The maximum atomic E-state index is 11.1. The number of carbonyl (C=O) groups excluding carboxylic acids is 3. The van der Waals surface area contributed by atoms with Crippen molar-refractivity contribution in [2.24, 2.45) is 0 Å². The fourth-order valence-electron chi connectivity index (χ4n) is 0.831. The monoisotopic (exact) mass is 203 g/mol. The molecule has 0 aliphatic rings. The van der Waals surface area contributed by atoms with Crippen LogP contribution < -0.4 is 5.32 Å². The second kappa shape index (κ2) is 5.95. The lowest BCUT2D eigenvalue weighted by molar-refractivity contribution is -0.150. The molecule has 0 rings (SSSR count). The summed E-state index contributed by atoms with van der Waals surface area (Å²) in [7, 11) is 2.37. The summed E-state index contributed by atoms with van der Waals surface area (Å²) in [4.78, 5) is 32.6. The molecule has 0 unspecified atom stereocenters. The van der Waals surface area contributed by atoms with Crippen LogP contribution in [-0.4, -0.2) is 38.1 Å². The van der Waals surface area contributed by atoms with Crippen LogP contribution in [0.4, 0.5) is 0 Å². The number of ether oxygens (including phenoxy) is 2. The van der Waals surface area contributed by atoms with Crippen molar-refractivity contribution in [1.82, 2.24) is 5.32 Å². The van der Waals surface area contributed by atoms with Gasteiger partial charge in [0.2, 0.25) is 5.91 Å². The highest BCUT2D eigenvalue weighted by Gasteiger charge is 2.23. The minimum absolute atomic E-state index is 0.233. The topological polar surface area (TPSA) is 81.7 Å². The maximum absolute atomic E-state index is 11.1. The Hall–Kier alpha value is -1.59. The Morgan fingerprint density at radius 2 is 1.79 bits per heavy atom. The molecule has 0 aliphatic carbocycles. The van der Waals surface area contributed by atoms with Crippen molar-refractivity contribution in [2.75, 3.05) is 14.2 Å². The van der Waals surface area contributed by atoms with Crippen LogP contribution in [0.3, 0.4) is 0 Å². The highest BCUT2D eigenvalue weighted by Crippen LogP contribution is 1.97. The van der Waals surface area contributed by atoms with Gasteiger partial charge in [0.1, 0.15) is 6.04 Å². The smallest absolute Gasteiger partial charge is 0.328 e. The van der Waals surface area contributed by atoms with Crippen molar-refractivity contribution in [3.8, 4) is 0 Å². The van der Waals surface area contributed by atoms with E-state index in [4.69, 9.17) is 0 Å². The Balaban J connectivity index is 4.31. The van der Waals surface area contributed by atoms with Gasteiger partial charge in [0.15, 0.2) is 0 Å². The summed E-state index contributed by atoms with van der Waals surface area (Å²) in [5, 5.41) is 2.28. The van der Waals surface area contributed by atoms with Gasteiger partial charge < -0.3 is 14.8 Å². The molecule has 1 N–H and O–H groups in total. The zero-order valence-electron chi connectivity index (χ0n) is 8.33. The molecule has 6 nitrogen and oxygen atoms in total. The first-order valence-electron chi connectivity index (χ1n) is 3.93. The molecular weight excluding hydrogens is 190 g/mol. The van der Waals surface area contributed by atoms with Crippen molar-refractivity contribution >= 4 is 17.8 Å². The molecule has 0 bridgehead atoms. The molecule has 0 aromatic heterocycles. The molecule has 0 spiro atoms. The quantitative estimate of drug-likeness (QED) is 0.606. The Morgan fingerprint density at radius 3 is 2.14 bits per heavy atom. The zero-order valence-corrected chi connectivity index (χ0v) is 8.33. The van der Waals surface area contributed by atoms with Gasteiger partial charge in [-0.2, -0.15) is 0 Å². The van der Waals surface area contributed by atoms with Crippen molar-refractivity contribution in [3.05, 3.63) is 0 Å². The van der Waals surface area contributed by atoms with E-state index in [1.54, 1.807) is 0 Å². The fourth-order valence-corrected chi connectivity index (χ4v) is 0.831. The lowest BCUT2D eigenvalue weighted by atomic mass is 10.2. The molecule has 1 atom stereocenters. The van der Waals surface area contributed by atoms with Gasteiger partial charge >= 0.3 is 11.9 Å². The molecule has 0 saturated heterocycles. The number of rotatable bonds is 4. The lowest BCUT2D eigenvalue weighted by Gasteiger charge is -2.13. The van der Waals surface area contributed by atoms with Gasteiger partial charge in [-0.15, -0.1) is 0 Å². The van der Waals surface area contributed by atoms with E-state index in [1.807, 2.05) is 0 Å². The SMILES string of the molecule is COC(=O)C[C@H](NC(C)=O)C(=O)OC. The van der Waals surface area contributed by atoms with E-state index in [1.165, 1.54) is 21.1 Å². The first-order valence-corrected chi connectivity index (χ1v) is 3.93. The molecular formula is C8H13NO5. The highest BCUT2D eigenvalue weighted by atomic mass is 16.5. The van der Waals surface area contributed by atoms with Crippen molar-refractivity contribution in [3.63, 3.8) is 0 Å². The summed E-state index contributed by atoms with van der Waals surface area (Å²) >= 11 is 0. The number of amides is 1. The first-order chi connectivity index (χ1) is 6.51. The zero-order chi connectivity index (χ0) is 11.1. The average Bonchev–Trinajstić information content (AvgIpc) is 2.14. The van der Waals surface area contributed by atoms with Crippen LogP contribution >= 0.6 is 0 Å².